The molecule has 11 heteroatoms. The Labute approximate surface area is 170 Å². The second-order valence-corrected chi connectivity index (χ2v) is 8.43. The lowest BCUT2D eigenvalue weighted by Crippen LogP contribution is -2.27. The van der Waals surface area contributed by atoms with Crippen molar-refractivity contribution in [3.63, 3.8) is 0 Å². The molecule has 1 atom stereocenters. The quantitative estimate of drug-likeness (QED) is 0.715. The number of carbonyl (C=O) groups is 1. The first kappa shape index (κ1) is 21.4. The van der Waals surface area contributed by atoms with Crippen LogP contribution in [0.1, 0.15) is 18.4 Å². The molecule has 1 heterocycles. The number of nitrogens with one attached hydrogen (secondary N) is 2. The van der Waals surface area contributed by atoms with Crippen LogP contribution in [-0.2, 0) is 25.7 Å². The molecule has 0 aromatic heterocycles. The Bertz CT molecular complexity index is 1000. The smallest absolute Gasteiger partial charge is 0.368 e. The fourth-order valence-electron chi connectivity index (χ4n) is 2.77. The Morgan fingerprint density at radius 3 is 2.41 bits per heavy atom. The number of benzene rings is 2. The molecule has 2 aromatic rings. The molecule has 2 aromatic carbocycles. The first-order valence-electron chi connectivity index (χ1n) is 8.48. The van der Waals surface area contributed by atoms with E-state index in [-0.39, 0.29) is 15.6 Å². The van der Waals surface area contributed by atoms with Crippen LogP contribution in [0.25, 0.3) is 0 Å². The Morgan fingerprint density at radius 2 is 1.83 bits per heavy atom. The predicted octanol–water partition coefficient (Wildman–Crippen LogP) is 4.28. The van der Waals surface area contributed by atoms with Gasteiger partial charge in [0, 0.05) is 17.3 Å². The topological polar surface area (TPSA) is 84.5 Å². The molecule has 1 fully saturated rings. The van der Waals surface area contributed by atoms with E-state index in [0.717, 1.165) is 6.07 Å². The molecule has 156 valence electrons. The number of hydrogen-bond acceptors (Lipinski definition) is 4. The van der Waals surface area contributed by atoms with Crippen LogP contribution in [-0.4, -0.2) is 27.0 Å². The van der Waals surface area contributed by atoms with Crippen molar-refractivity contribution in [3.8, 4) is 0 Å². The van der Waals surface area contributed by atoms with Crippen LogP contribution in [0.5, 0.6) is 0 Å². The van der Waals surface area contributed by atoms with E-state index in [9.17, 15) is 26.4 Å². The highest BCUT2D eigenvalue weighted by Gasteiger charge is 2.35. The molecular weight excluding hydrogens is 433 g/mol. The van der Waals surface area contributed by atoms with Crippen molar-refractivity contribution in [1.82, 2.24) is 0 Å². The Morgan fingerprint density at radius 1 is 1.14 bits per heavy atom. The lowest BCUT2D eigenvalue weighted by Gasteiger charge is -2.17. The average Bonchev–Trinajstić information content (AvgIpc) is 3.17. The standard InChI is InChI=1S/C18H16ClF3N2O4S/c19-11-3-6-13(7-4-11)29(26,27)24-15-8-5-12(10-14(15)18(20,21)22)23-17(25)16-2-1-9-28-16/h3-8,10,16,24H,1-2,9H2,(H,23,25)/t16-/m1/s1. The zero-order valence-electron chi connectivity index (χ0n) is 14.8. The number of ether oxygens (including phenoxy) is 1. The minimum absolute atomic E-state index is 0.118. The summed E-state index contributed by atoms with van der Waals surface area (Å²) in [4.78, 5) is 11.8. The highest BCUT2D eigenvalue weighted by molar-refractivity contribution is 7.92. The molecule has 1 aliphatic heterocycles. The van der Waals surface area contributed by atoms with Gasteiger partial charge < -0.3 is 10.1 Å². The van der Waals surface area contributed by atoms with E-state index in [1.54, 1.807) is 0 Å². The van der Waals surface area contributed by atoms with E-state index >= 15 is 0 Å². The van der Waals surface area contributed by atoms with E-state index in [1.165, 1.54) is 30.3 Å². The first-order valence-corrected chi connectivity index (χ1v) is 10.3. The number of anilines is 2. The average molecular weight is 449 g/mol. The molecule has 0 radical (unpaired) electrons. The summed E-state index contributed by atoms with van der Waals surface area (Å²) in [5.74, 6) is -0.551. The largest absolute Gasteiger partial charge is 0.418 e. The highest BCUT2D eigenvalue weighted by atomic mass is 35.5. The Balaban J connectivity index is 1.88. The number of rotatable bonds is 5. The lowest BCUT2D eigenvalue weighted by atomic mass is 10.1. The number of sulfonamides is 1. The first-order chi connectivity index (χ1) is 13.6. The molecule has 3 rings (SSSR count). The van der Waals surface area contributed by atoms with Crippen molar-refractivity contribution >= 4 is 38.9 Å². The molecule has 1 saturated heterocycles. The summed E-state index contributed by atoms with van der Waals surface area (Å²) >= 11 is 5.71. The minimum Gasteiger partial charge on any atom is -0.368 e. The van der Waals surface area contributed by atoms with Gasteiger partial charge in [0.2, 0.25) is 0 Å². The van der Waals surface area contributed by atoms with Gasteiger partial charge in [-0.3, -0.25) is 9.52 Å². The summed E-state index contributed by atoms with van der Waals surface area (Å²) in [5, 5.41) is 2.65. The van der Waals surface area contributed by atoms with Gasteiger partial charge >= 0.3 is 6.18 Å². The zero-order chi connectivity index (χ0) is 21.2. The van der Waals surface area contributed by atoms with Gasteiger partial charge in [0.15, 0.2) is 0 Å². The highest BCUT2D eigenvalue weighted by Crippen LogP contribution is 2.37. The second kappa shape index (κ2) is 8.21. The molecule has 1 amide bonds. The van der Waals surface area contributed by atoms with Crippen LogP contribution in [0.4, 0.5) is 24.5 Å². The van der Waals surface area contributed by atoms with E-state index in [0.29, 0.717) is 25.5 Å². The summed E-state index contributed by atoms with van der Waals surface area (Å²) in [6, 6.07) is 7.77. The Hall–Kier alpha value is -2.30. The predicted molar refractivity (Wildman–Crippen MR) is 101 cm³/mol. The maximum absolute atomic E-state index is 13.5. The monoisotopic (exact) mass is 448 g/mol. The molecule has 0 spiro atoms. The number of alkyl halides is 3. The molecule has 1 aliphatic rings. The third kappa shape index (κ3) is 5.20. The van der Waals surface area contributed by atoms with Crippen molar-refractivity contribution in [2.45, 2.75) is 30.0 Å². The maximum atomic E-state index is 13.5. The van der Waals surface area contributed by atoms with E-state index in [1.807, 2.05) is 4.72 Å². The van der Waals surface area contributed by atoms with Crippen molar-refractivity contribution < 1.29 is 31.1 Å². The van der Waals surface area contributed by atoms with Crippen LogP contribution in [0.3, 0.4) is 0 Å². The molecule has 0 aliphatic carbocycles. The number of hydrogen-bond donors (Lipinski definition) is 2. The van der Waals surface area contributed by atoms with Crippen molar-refractivity contribution in [3.05, 3.63) is 53.1 Å². The van der Waals surface area contributed by atoms with Gasteiger partial charge in [0.1, 0.15) is 6.10 Å². The van der Waals surface area contributed by atoms with Gasteiger partial charge in [-0.05, 0) is 55.3 Å². The maximum Gasteiger partial charge on any atom is 0.418 e. The number of halogens is 4. The summed E-state index contributed by atoms with van der Waals surface area (Å²) in [6.45, 7) is 0.414. The van der Waals surface area contributed by atoms with Crippen molar-refractivity contribution in [2.24, 2.45) is 0 Å². The minimum atomic E-state index is -4.86. The molecule has 0 saturated carbocycles. The molecule has 2 N–H and O–H groups in total. The van der Waals surface area contributed by atoms with E-state index < -0.39 is 39.5 Å². The molecule has 0 bridgehead atoms. The fourth-order valence-corrected chi connectivity index (χ4v) is 3.98. The van der Waals surface area contributed by atoms with Gasteiger partial charge in [-0.2, -0.15) is 13.2 Å². The van der Waals surface area contributed by atoms with Crippen LogP contribution in [0, 0.1) is 0 Å². The third-order valence-corrected chi connectivity index (χ3v) is 5.82. The second-order valence-electron chi connectivity index (χ2n) is 6.31. The normalized spacial score (nSPS) is 17.2. The van der Waals surface area contributed by atoms with E-state index in [4.69, 9.17) is 16.3 Å². The third-order valence-electron chi connectivity index (χ3n) is 4.18. The Kier molecular flexibility index (Phi) is 6.06. The van der Waals surface area contributed by atoms with Gasteiger partial charge in [-0.25, -0.2) is 8.42 Å². The van der Waals surface area contributed by atoms with Crippen LogP contribution in [0.15, 0.2) is 47.4 Å². The van der Waals surface area contributed by atoms with Gasteiger partial charge in [-0.15, -0.1) is 0 Å². The summed E-state index contributed by atoms with van der Waals surface area (Å²) in [6.07, 6.45) is -4.40. The van der Waals surface area contributed by atoms with E-state index in [2.05, 4.69) is 5.32 Å². The number of amides is 1. The fraction of sp³-hybridized carbons (Fsp3) is 0.278. The summed E-state index contributed by atoms with van der Waals surface area (Å²) < 4.78 is 72.5. The lowest BCUT2D eigenvalue weighted by molar-refractivity contribution is -0.137. The number of carbonyl (C=O) groups excluding carboxylic acids is 1. The van der Waals surface area contributed by atoms with Crippen LogP contribution < -0.4 is 10.0 Å². The van der Waals surface area contributed by atoms with Crippen LogP contribution in [0.2, 0.25) is 5.02 Å². The van der Waals surface area contributed by atoms with Crippen molar-refractivity contribution in [1.29, 1.82) is 0 Å². The van der Waals surface area contributed by atoms with Crippen LogP contribution >= 0.6 is 11.6 Å². The molecule has 6 nitrogen and oxygen atoms in total. The molecule has 29 heavy (non-hydrogen) atoms. The van der Waals surface area contributed by atoms with Gasteiger partial charge in [-0.1, -0.05) is 11.6 Å². The molecular formula is C18H16ClF3N2O4S. The van der Waals surface area contributed by atoms with Gasteiger partial charge in [0.25, 0.3) is 15.9 Å². The summed E-state index contributed by atoms with van der Waals surface area (Å²) in [7, 11) is -4.28. The zero-order valence-corrected chi connectivity index (χ0v) is 16.4. The molecule has 0 unspecified atom stereocenters. The van der Waals surface area contributed by atoms with Gasteiger partial charge in [0.05, 0.1) is 16.1 Å². The van der Waals surface area contributed by atoms with Crippen molar-refractivity contribution in [2.75, 3.05) is 16.6 Å². The SMILES string of the molecule is O=C(Nc1ccc(NS(=O)(=O)c2ccc(Cl)cc2)c(C(F)(F)F)c1)[C@H]1CCCO1. The summed E-state index contributed by atoms with van der Waals surface area (Å²) in [5.41, 5.74) is -2.02.